The molecule has 2 aliphatic rings. The maximum atomic E-state index is 12.2. The molecule has 44 heavy (non-hydrogen) atoms. The third kappa shape index (κ3) is 8.14. The molecule has 6 unspecified atom stereocenters. The molecular weight excluding hydrogens is 580 g/mol. The molecule has 0 aromatic heterocycles. The van der Waals surface area contributed by atoms with Gasteiger partial charge in [0.25, 0.3) is 0 Å². The SMILES string of the molecule is CCCc1cc(Cl)ccc1C1COc2ccc(C(O)C(=O)OC)cc2N(CC2CCC2C(O)/C=C/C(C)CN(C)C(C)=O)C1. The lowest BCUT2D eigenvalue weighted by atomic mass is 9.70. The number of aliphatic hydroxyl groups excluding tert-OH is 2. The van der Waals surface area contributed by atoms with Gasteiger partial charge >= 0.3 is 5.97 Å². The number of methoxy groups -OCH3 is 1. The molecule has 1 aliphatic carbocycles. The van der Waals surface area contributed by atoms with Crippen molar-refractivity contribution in [3.05, 3.63) is 70.3 Å². The van der Waals surface area contributed by atoms with Crippen LogP contribution >= 0.6 is 11.6 Å². The average molecular weight is 627 g/mol. The van der Waals surface area contributed by atoms with Gasteiger partial charge in [-0.2, -0.15) is 0 Å². The van der Waals surface area contributed by atoms with Crippen molar-refractivity contribution in [1.82, 2.24) is 4.90 Å². The number of carbonyl (C=O) groups is 2. The molecule has 8 nitrogen and oxygen atoms in total. The van der Waals surface area contributed by atoms with Crippen molar-refractivity contribution in [2.24, 2.45) is 17.8 Å². The van der Waals surface area contributed by atoms with E-state index in [0.29, 0.717) is 37.6 Å². The lowest BCUT2D eigenvalue weighted by molar-refractivity contribution is -0.150. The minimum Gasteiger partial charge on any atom is -0.491 e. The summed E-state index contributed by atoms with van der Waals surface area (Å²) in [5, 5.41) is 22.5. The van der Waals surface area contributed by atoms with Crippen LogP contribution in [0.4, 0.5) is 5.69 Å². The van der Waals surface area contributed by atoms with Crippen molar-refractivity contribution in [3.8, 4) is 5.75 Å². The predicted octanol–water partition coefficient (Wildman–Crippen LogP) is 5.54. The first kappa shape index (κ1) is 33.8. The molecule has 2 aromatic rings. The number of hydrogen-bond donors (Lipinski definition) is 2. The summed E-state index contributed by atoms with van der Waals surface area (Å²) in [4.78, 5) is 27.7. The number of amides is 1. The zero-order chi connectivity index (χ0) is 32.0. The van der Waals surface area contributed by atoms with Gasteiger partial charge in [-0.15, -0.1) is 0 Å². The zero-order valence-electron chi connectivity index (χ0n) is 26.5. The smallest absolute Gasteiger partial charge is 0.339 e. The number of nitrogens with zero attached hydrogens (tertiary/aromatic N) is 2. The van der Waals surface area contributed by atoms with E-state index >= 15 is 0 Å². The predicted molar refractivity (Wildman–Crippen MR) is 173 cm³/mol. The Kier molecular flexibility index (Phi) is 11.7. The van der Waals surface area contributed by atoms with Gasteiger partial charge in [-0.3, -0.25) is 4.79 Å². The van der Waals surface area contributed by atoms with Crippen molar-refractivity contribution in [2.45, 2.75) is 64.6 Å². The maximum Gasteiger partial charge on any atom is 0.339 e. The van der Waals surface area contributed by atoms with Gasteiger partial charge in [0, 0.05) is 44.5 Å². The van der Waals surface area contributed by atoms with Crippen molar-refractivity contribution >= 4 is 29.2 Å². The minimum atomic E-state index is -1.40. The van der Waals surface area contributed by atoms with Crippen LogP contribution in [-0.2, 0) is 20.7 Å². The zero-order valence-corrected chi connectivity index (χ0v) is 27.3. The molecule has 0 spiro atoms. The number of anilines is 1. The number of carbonyl (C=O) groups excluding carboxylic acids is 2. The summed E-state index contributed by atoms with van der Waals surface area (Å²) in [7, 11) is 3.04. The number of aryl methyl sites for hydroxylation is 1. The molecule has 0 radical (unpaired) electrons. The van der Waals surface area contributed by atoms with E-state index in [9.17, 15) is 19.8 Å². The normalized spacial score (nSPS) is 21.8. The van der Waals surface area contributed by atoms with Crippen LogP contribution in [0.15, 0.2) is 48.6 Å². The lowest BCUT2D eigenvalue weighted by Gasteiger charge is -2.42. The van der Waals surface area contributed by atoms with Crippen molar-refractivity contribution < 1.29 is 29.3 Å². The van der Waals surface area contributed by atoms with Gasteiger partial charge in [0.05, 0.1) is 25.5 Å². The van der Waals surface area contributed by atoms with Crippen molar-refractivity contribution in [2.75, 3.05) is 45.3 Å². The fourth-order valence-electron chi connectivity index (χ4n) is 6.37. The third-order valence-electron chi connectivity index (χ3n) is 9.11. The van der Waals surface area contributed by atoms with Crippen LogP contribution < -0.4 is 9.64 Å². The summed E-state index contributed by atoms with van der Waals surface area (Å²) in [6.45, 7) is 8.20. The number of halogens is 1. The molecule has 240 valence electrons. The molecule has 1 aliphatic heterocycles. The largest absolute Gasteiger partial charge is 0.491 e. The van der Waals surface area contributed by atoms with Crippen LogP contribution in [0.25, 0.3) is 0 Å². The summed E-state index contributed by atoms with van der Waals surface area (Å²) < 4.78 is 11.2. The Bertz CT molecular complexity index is 1330. The summed E-state index contributed by atoms with van der Waals surface area (Å²) in [6, 6.07) is 11.4. The van der Waals surface area contributed by atoms with Gasteiger partial charge < -0.3 is 29.5 Å². The summed E-state index contributed by atoms with van der Waals surface area (Å²) in [6.07, 6.45) is 5.73. The second-order valence-corrected chi connectivity index (χ2v) is 12.8. The number of aliphatic hydroxyl groups is 2. The monoisotopic (exact) mass is 626 g/mol. The number of rotatable bonds is 12. The fraction of sp³-hybridized carbons (Fsp3) is 0.543. The molecule has 4 rings (SSSR count). The first-order valence-corrected chi connectivity index (χ1v) is 16.0. The van der Waals surface area contributed by atoms with Crippen LogP contribution in [0.5, 0.6) is 5.75 Å². The fourth-order valence-corrected chi connectivity index (χ4v) is 6.56. The van der Waals surface area contributed by atoms with Crippen LogP contribution in [0.3, 0.4) is 0 Å². The summed E-state index contributed by atoms with van der Waals surface area (Å²) in [5.41, 5.74) is 3.68. The number of fused-ring (bicyclic) bond motifs is 1. The molecule has 1 amide bonds. The molecule has 1 heterocycles. The van der Waals surface area contributed by atoms with Crippen LogP contribution in [0.1, 0.15) is 68.7 Å². The van der Waals surface area contributed by atoms with E-state index in [1.807, 2.05) is 43.3 Å². The van der Waals surface area contributed by atoms with Crippen LogP contribution in [0, 0.1) is 17.8 Å². The van der Waals surface area contributed by atoms with Crippen LogP contribution in [-0.4, -0.2) is 73.5 Å². The van der Waals surface area contributed by atoms with Gasteiger partial charge in [0.15, 0.2) is 6.10 Å². The van der Waals surface area contributed by atoms with Gasteiger partial charge in [0.1, 0.15) is 5.75 Å². The van der Waals surface area contributed by atoms with Gasteiger partial charge in [0.2, 0.25) is 5.91 Å². The Morgan fingerprint density at radius 3 is 2.61 bits per heavy atom. The third-order valence-corrected chi connectivity index (χ3v) is 9.35. The molecule has 1 fully saturated rings. The first-order valence-electron chi connectivity index (χ1n) is 15.7. The molecule has 0 bridgehead atoms. The summed E-state index contributed by atoms with van der Waals surface area (Å²) >= 11 is 6.38. The second-order valence-electron chi connectivity index (χ2n) is 12.4. The number of ether oxygens (including phenoxy) is 2. The van der Waals surface area contributed by atoms with Gasteiger partial charge in [-0.05, 0) is 78.0 Å². The first-order chi connectivity index (χ1) is 21.0. The Morgan fingerprint density at radius 1 is 1.18 bits per heavy atom. The Morgan fingerprint density at radius 2 is 1.95 bits per heavy atom. The van der Waals surface area contributed by atoms with E-state index < -0.39 is 18.2 Å². The molecule has 6 atom stereocenters. The minimum absolute atomic E-state index is 0.0209. The molecular formula is C35H47ClN2O6. The van der Waals surface area contributed by atoms with E-state index in [-0.39, 0.29) is 29.6 Å². The van der Waals surface area contributed by atoms with Gasteiger partial charge in [-0.25, -0.2) is 4.79 Å². The highest BCUT2D eigenvalue weighted by atomic mass is 35.5. The van der Waals surface area contributed by atoms with Crippen molar-refractivity contribution in [1.29, 1.82) is 0 Å². The summed E-state index contributed by atoms with van der Waals surface area (Å²) in [5.74, 6) is 0.538. The number of hydrogen-bond acceptors (Lipinski definition) is 7. The Balaban J connectivity index is 1.59. The van der Waals surface area contributed by atoms with E-state index in [0.717, 1.165) is 36.4 Å². The molecule has 2 aromatic carbocycles. The Hall–Kier alpha value is -3.07. The molecule has 0 saturated heterocycles. The van der Waals surface area contributed by atoms with Crippen LogP contribution in [0.2, 0.25) is 5.02 Å². The van der Waals surface area contributed by atoms with E-state index in [1.165, 1.54) is 18.2 Å². The Labute approximate surface area is 266 Å². The molecule has 1 saturated carbocycles. The lowest BCUT2D eigenvalue weighted by Crippen LogP contribution is -2.44. The number of benzene rings is 2. The highest BCUT2D eigenvalue weighted by molar-refractivity contribution is 6.30. The second kappa shape index (κ2) is 15.3. The number of esters is 1. The molecule has 9 heteroatoms. The topological polar surface area (TPSA) is 99.5 Å². The standard InChI is InChI=1S/C35H47ClN2O6/c1-6-7-24-16-28(36)11-13-29(24)27-20-38(31-17-25(34(41)35(42)43-5)10-15-33(31)44-21-27)19-26-9-12-30(26)32(40)14-8-22(2)18-37(4)23(3)39/h8,10-11,13-17,22,26-27,30,32,34,40-41H,6-7,9,12,18-21H2,1-5H3/b14-8+. The van der Waals surface area contributed by atoms with Gasteiger partial charge in [-0.1, -0.05) is 56.2 Å². The highest BCUT2D eigenvalue weighted by Crippen LogP contribution is 2.43. The van der Waals surface area contributed by atoms with Crippen molar-refractivity contribution in [3.63, 3.8) is 0 Å². The molecule has 2 N–H and O–H groups in total. The average Bonchev–Trinajstić information content (AvgIpc) is 3.16. The maximum absolute atomic E-state index is 12.2. The van der Waals surface area contributed by atoms with E-state index in [1.54, 1.807) is 24.9 Å². The van der Waals surface area contributed by atoms with E-state index in [4.69, 9.17) is 21.1 Å². The highest BCUT2D eigenvalue weighted by Gasteiger charge is 2.38. The quantitative estimate of drug-likeness (QED) is 0.236. The van der Waals surface area contributed by atoms with E-state index in [2.05, 4.69) is 17.9 Å².